The Kier molecular flexibility index (Phi) is 7.03. The maximum absolute atomic E-state index is 13.4. The van der Waals surface area contributed by atoms with E-state index in [0.717, 1.165) is 5.69 Å². The van der Waals surface area contributed by atoms with Gasteiger partial charge in [-0.15, -0.1) is 0 Å². The van der Waals surface area contributed by atoms with Crippen LogP contribution in [0.5, 0.6) is 0 Å². The van der Waals surface area contributed by atoms with Crippen LogP contribution in [-0.2, 0) is 14.3 Å². The molecule has 2 saturated heterocycles. The molecule has 1 N–H and O–H groups in total. The molecule has 2 fully saturated rings. The molecule has 2 aliphatic rings. The van der Waals surface area contributed by atoms with Gasteiger partial charge in [0.25, 0.3) is 17.4 Å². The zero-order chi connectivity index (χ0) is 26.8. The average molecular weight is 518 g/mol. The summed E-state index contributed by atoms with van der Waals surface area (Å²) < 4.78 is 7.04. The topological polar surface area (TPSA) is 131 Å². The molecule has 1 atom stereocenters. The quantitative estimate of drug-likeness (QED) is 0.166. The maximum Gasteiger partial charge on any atom is 0.295 e. The fraction of sp³-hybridized carbons (Fsp3) is 0.296. The number of hydrogen-bond acceptors (Lipinski definition) is 8. The Morgan fingerprint density at radius 3 is 2.42 bits per heavy atom. The standard InChI is InChI=1S/C27H27N5O6/c1-18-22(17-28-31(18)20-5-3-2-4-6-20)25(33)23-24(19-7-9-21(10-8-19)32(36)37)30(27(35)26(23)34)12-11-29-13-15-38-16-14-29/h2-10,17,24,33H,11-16H2,1H3/b25-23+/t24-/m1/s1. The normalized spacial score (nSPS) is 19.7. The number of ether oxygens (including phenoxy) is 1. The molecule has 0 spiro atoms. The molecule has 5 rings (SSSR count). The van der Waals surface area contributed by atoms with Gasteiger partial charge in [0.05, 0.1) is 52.9 Å². The highest BCUT2D eigenvalue weighted by Crippen LogP contribution is 2.40. The van der Waals surface area contributed by atoms with Gasteiger partial charge in [0.1, 0.15) is 5.76 Å². The van der Waals surface area contributed by atoms with Crippen LogP contribution in [0.15, 0.2) is 66.4 Å². The van der Waals surface area contributed by atoms with Crippen LogP contribution >= 0.6 is 0 Å². The van der Waals surface area contributed by atoms with E-state index in [9.17, 15) is 24.8 Å². The van der Waals surface area contributed by atoms with Crippen LogP contribution in [0.3, 0.4) is 0 Å². The van der Waals surface area contributed by atoms with Gasteiger partial charge in [-0.1, -0.05) is 18.2 Å². The number of para-hydroxylation sites is 1. The summed E-state index contributed by atoms with van der Waals surface area (Å²) in [6.07, 6.45) is 1.46. The molecular weight excluding hydrogens is 490 g/mol. The number of rotatable bonds is 7. The van der Waals surface area contributed by atoms with Crippen LogP contribution in [0.25, 0.3) is 11.4 Å². The summed E-state index contributed by atoms with van der Waals surface area (Å²) in [4.78, 5) is 40.9. The van der Waals surface area contributed by atoms with E-state index in [1.807, 2.05) is 30.3 Å². The number of hydrogen-bond donors (Lipinski definition) is 1. The number of nitro groups is 1. The molecule has 1 aromatic heterocycles. The summed E-state index contributed by atoms with van der Waals surface area (Å²) in [5.74, 6) is -1.86. The Bertz CT molecular complexity index is 1390. The molecule has 0 saturated carbocycles. The Balaban J connectivity index is 1.56. The van der Waals surface area contributed by atoms with Gasteiger partial charge >= 0.3 is 0 Å². The molecule has 2 aromatic carbocycles. The smallest absolute Gasteiger partial charge is 0.295 e. The van der Waals surface area contributed by atoms with E-state index in [2.05, 4.69) is 10.00 Å². The van der Waals surface area contributed by atoms with Crippen molar-refractivity contribution >= 4 is 23.1 Å². The molecule has 38 heavy (non-hydrogen) atoms. The van der Waals surface area contributed by atoms with E-state index in [1.165, 1.54) is 35.4 Å². The van der Waals surface area contributed by atoms with Crippen molar-refractivity contribution in [3.63, 3.8) is 0 Å². The third-order valence-electron chi connectivity index (χ3n) is 6.99. The average Bonchev–Trinajstić information content (AvgIpc) is 3.45. The Morgan fingerprint density at radius 1 is 1.08 bits per heavy atom. The van der Waals surface area contributed by atoms with Crippen LogP contribution in [0.4, 0.5) is 5.69 Å². The van der Waals surface area contributed by atoms with Crippen molar-refractivity contribution in [2.75, 3.05) is 39.4 Å². The molecule has 3 heterocycles. The van der Waals surface area contributed by atoms with E-state index in [4.69, 9.17) is 4.74 Å². The van der Waals surface area contributed by atoms with Crippen molar-refractivity contribution in [1.29, 1.82) is 0 Å². The van der Waals surface area contributed by atoms with Gasteiger partial charge in [-0.2, -0.15) is 5.10 Å². The fourth-order valence-electron chi connectivity index (χ4n) is 4.93. The molecule has 0 bridgehead atoms. The molecular formula is C27H27N5O6. The lowest BCUT2D eigenvalue weighted by molar-refractivity contribution is -0.384. The molecule has 196 valence electrons. The van der Waals surface area contributed by atoms with Crippen molar-refractivity contribution in [3.05, 3.63) is 93.3 Å². The number of carbonyl (C=O) groups excluding carboxylic acids is 2. The van der Waals surface area contributed by atoms with Gasteiger partial charge in [0, 0.05) is 38.3 Å². The van der Waals surface area contributed by atoms with Gasteiger partial charge < -0.3 is 14.7 Å². The summed E-state index contributed by atoms with van der Waals surface area (Å²) in [5, 5.41) is 27.0. The maximum atomic E-state index is 13.4. The minimum absolute atomic E-state index is 0.0680. The number of likely N-dealkylation sites (tertiary alicyclic amines) is 1. The first-order valence-electron chi connectivity index (χ1n) is 12.3. The molecule has 11 heteroatoms. The predicted molar refractivity (Wildman–Crippen MR) is 138 cm³/mol. The summed E-state index contributed by atoms with van der Waals surface area (Å²) >= 11 is 0. The van der Waals surface area contributed by atoms with E-state index < -0.39 is 22.7 Å². The van der Waals surface area contributed by atoms with Gasteiger partial charge in [0.2, 0.25) is 0 Å². The van der Waals surface area contributed by atoms with Crippen LogP contribution in [0, 0.1) is 17.0 Å². The number of nitrogens with zero attached hydrogens (tertiary/aromatic N) is 5. The predicted octanol–water partition coefficient (Wildman–Crippen LogP) is 2.84. The first-order valence-corrected chi connectivity index (χ1v) is 12.3. The summed E-state index contributed by atoms with van der Waals surface area (Å²) in [6, 6.07) is 14.1. The highest BCUT2D eigenvalue weighted by Gasteiger charge is 2.46. The lowest BCUT2D eigenvalue weighted by Gasteiger charge is -2.31. The summed E-state index contributed by atoms with van der Waals surface area (Å²) in [6.45, 7) is 5.14. The van der Waals surface area contributed by atoms with Crippen molar-refractivity contribution in [2.24, 2.45) is 0 Å². The Hall–Kier alpha value is -4.35. The molecule has 0 radical (unpaired) electrons. The Morgan fingerprint density at radius 2 is 1.76 bits per heavy atom. The number of ketones is 1. The zero-order valence-electron chi connectivity index (χ0n) is 20.8. The fourth-order valence-corrected chi connectivity index (χ4v) is 4.93. The van der Waals surface area contributed by atoms with Gasteiger partial charge in [-0.05, 0) is 36.8 Å². The van der Waals surface area contributed by atoms with Gasteiger partial charge in [0.15, 0.2) is 0 Å². The number of Topliss-reactive ketones (excluding diaryl/α,β-unsaturated/α-hetero) is 1. The summed E-state index contributed by atoms with van der Waals surface area (Å²) in [5.41, 5.74) is 2.01. The summed E-state index contributed by atoms with van der Waals surface area (Å²) in [7, 11) is 0. The minimum atomic E-state index is -0.906. The van der Waals surface area contributed by atoms with Crippen molar-refractivity contribution in [1.82, 2.24) is 19.6 Å². The SMILES string of the molecule is Cc1c(/C(O)=C2\C(=O)C(=O)N(CCN3CCOCC3)[C@@H]2c2ccc([N+](=O)[O-])cc2)cnn1-c1ccccc1. The molecule has 11 nitrogen and oxygen atoms in total. The molecule has 3 aromatic rings. The van der Waals surface area contributed by atoms with Crippen LogP contribution < -0.4 is 0 Å². The number of carbonyl (C=O) groups is 2. The number of aromatic nitrogens is 2. The molecule has 0 aliphatic carbocycles. The number of morpholine rings is 1. The monoisotopic (exact) mass is 517 g/mol. The van der Waals surface area contributed by atoms with E-state index >= 15 is 0 Å². The zero-order valence-corrected chi connectivity index (χ0v) is 20.8. The molecule has 2 aliphatic heterocycles. The minimum Gasteiger partial charge on any atom is -0.507 e. The van der Waals surface area contributed by atoms with E-state index in [0.29, 0.717) is 49.7 Å². The van der Waals surface area contributed by atoms with E-state index in [-0.39, 0.29) is 23.6 Å². The first-order chi connectivity index (χ1) is 18.4. The van der Waals surface area contributed by atoms with Crippen molar-refractivity contribution in [3.8, 4) is 5.69 Å². The molecule has 1 amide bonds. The third-order valence-corrected chi connectivity index (χ3v) is 6.99. The number of nitro benzene ring substituents is 1. The second kappa shape index (κ2) is 10.6. The first kappa shape index (κ1) is 25.3. The lowest BCUT2D eigenvalue weighted by atomic mass is 9.95. The largest absolute Gasteiger partial charge is 0.507 e. The second-order valence-corrected chi connectivity index (χ2v) is 9.19. The van der Waals surface area contributed by atoms with E-state index in [1.54, 1.807) is 11.6 Å². The Labute approximate surface area is 218 Å². The van der Waals surface area contributed by atoms with Crippen LogP contribution in [0.1, 0.15) is 22.9 Å². The van der Waals surface area contributed by atoms with Gasteiger partial charge in [-0.3, -0.25) is 24.6 Å². The lowest BCUT2D eigenvalue weighted by Crippen LogP contribution is -2.42. The van der Waals surface area contributed by atoms with Crippen LogP contribution in [0.2, 0.25) is 0 Å². The second-order valence-electron chi connectivity index (χ2n) is 9.19. The molecule has 0 unspecified atom stereocenters. The highest BCUT2D eigenvalue weighted by molar-refractivity contribution is 6.46. The number of amides is 1. The number of aliphatic hydroxyl groups excluding tert-OH is 1. The van der Waals surface area contributed by atoms with Crippen molar-refractivity contribution < 1.29 is 24.4 Å². The highest BCUT2D eigenvalue weighted by atomic mass is 16.6. The number of aliphatic hydroxyl groups is 1. The number of non-ortho nitro benzene ring substituents is 1. The van der Waals surface area contributed by atoms with Gasteiger partial charge in [-0.25, -0.2) is 4.68 Å². The third kappa shape index (κ3) is 4.69. The van der Waals surface area contributed by atoms with Crippen molar-refractivity contribution in [2.45, 2.75) is 13.0 Å². The van der Waals surface area contributed by atoms with Crippen LogP contribution in [-0.4, -0.2) is 80.7 Å². The number of benzene rings is 2.